The summed E-state index contributed by atoms with van der Waals surface area (Å²) in [6, 6.07) is 15.0. The zero-order valence-corrected chi connectivity index (χ0v) is 13.8. The molecule has 0 N–H and O–H groups in total. The predicted octanol–water partition coefficient (Wildman–Crippen LogP) is -2.68. The first-order valence-electron chi connectivity index (χ1n) is 5.30. The number of halogens is 2. The summed E-state index contributed by atoms with van der Waals surface area (Å²) in [4.78, 5) is 0. The third-order valence-electron chi connectivity index (χ3n) is 3.13. The van der Waals surface area contributed by atoms with E-state index in [4.69, 9.17) is 4.74 Å². The first-order chi connectivity index (χ1) is 7.83. The van der Waals surface area contributed by atoms with Gasteiger partial charge in [-0.3, -0.25) is 0 Å². The molecule has 0 fully saturated rings. The van der Waals surface area contributed by atoms with Crippen molar-refractivity contribution in [2.75, 3.05) is 7.11 Å². The van der Waals surface area contributed by atoms with Crippen LogP contribution in [-0.4, -0.2) is 7.11 Å². The van der Waals surface area contributed by atoms with Gasteiger partial charge in [-0.1, -0.05) is 0 Å². The molecule has 0 heterocycles. The zero-order valence-electron chi connectivity index (χ0n) is 9.78. The monoisotopic (exact) mass is 355 g/mol. The fraction of sp³-hybridized carbons (Fsp3) is 0.143. The molecule has 1 unspecified atom stereocenters. The molecular formula is C14H11Cl2OZr. The Hall–Kier alpha value is -0.297. The standard InChI is InChI=1S/C14H11O.2ClH.Zr/c1-15-13-8-4-6-11-9-10-5-2-3-7-12(10)14(11)13;;;/h2-9H,1H3;2*1H;/q;;;+2/p-2. The van der Waals surface area contributed by atoms with Gasteiger partial charge in [0.2, 0.25) is 0 Å². The number of methoxy groups -OCH3 is 1. The molecule has 0 spiro atoms. The summed E-state index contributed by atoms with van der Waals surface area (Å²) in [5, 5.41) is 0. The molecule has 3 rings (SSSR count). The summed E-state index contributed by atoms with van der Waals surface area (Å²) in [7, 11) is 1.74. The number of hydrogen-bond donors (Lipinski definition) is 0. The Bertz CT molecular complexity index is 557. The second-order valence-electron chi connectivity index (χ2n) is 3.94. The van der Waals surface area contributed by atoms with Crippen LogP contribution in [0.4, 0.5) is 0 Å². The molecule has 0 amide bonds. The molecule has 1 atom stereocenters. The molecule has 4 heteroatoms. The van der Waals surface area contributed by atoms with Crippen LogP contribution in [0.15, 0.2) is 42.5 Å². The van der Waals surface area contributed by atoms with Gasteiger partial charge >= 0.3 is 111 Å². The zero-order chi connectivity index (χ0) is 11.1. The van der Waals surface area contributed by atoms with E-state index in [0.29, 0.717) is 3.63 Å². The SMILES string of the molecule is COc1cccc2c1-c1ccccc1[CH]2[Zr+2].[Cl-].[Cl-]. The molecular weight excluding hydrogens is 346 g/mol. The average molecular weight is 357 g/mol. The molecule has 1 aliphatic rings. The van der Waals surface area contributed by atoms with Gasteiger partial charge in [-0.2, -0.15) is 0 Å². The maximum atomic E-state index is 5.47. The number of rotatable bonds is 1. The minimum atomic E-state index is 0. The number of hydrogen-bond acceptors (Lipinski definition) is 1. The normalized spacial score (nSPS) is 14.9. The van der Waals surface area contributed by atoms with Crippen LogP contribution in [0, 0.1) is 0 Å². The van der Waals surface area contributed by atoms with E-state index in [0.717, 1.165) is 5.75 Å². The summed E-state index contributed by atoms with van der Waals surface area (Å²) < 4.78 is 6.04. The second kappa shape index (κ2) is 6.23. The fourth-order valence-corrected chi connectivity index (χ4v) is 3.60. The summed E-state index contributed by atoms with van der Waals surface area (Å²) >= 11 is 1.54. The van der Waals surface area contributed by atoms with E-state index < -0.39 is 0 Å². The Morgan fingerprint density at radius 3 is 2.33 bits per heavy atom. The van der Waals surface area contributed by atoms with Crippen molar-refractivity contribution in [2.24, 2.45) is 0 Å². The van der Waals surface area contributed by atoms with Crippen LogP contribution in [0.3, 0.4) is 0 Å². The fourth-order valence-electron chi connectivity index (χ4n) is 2.39. The number of fused-ring (bicyclic) bond motifs is 3. The maximum Gasteiger partial charge on any atom is -1.00 e. The quantitative estimate of drug-likeness (QED) is 0.541. The average Bonchev–Trinajstić information content (AvgIpc) is 2.64. The molecule has 0 saturated carbocycles. The molecule has 0 radical (unpaired) electrons. The van der Waals surface area contributed by atoms with Crippen LogP contribution < -0.4 is 29.6 Å². The Kier molecular flexibility index (Phi) is 5.46. The van der Waals surface area contributed by atoms with E-state index in [1.165, 1.54) is 47.0 Å². The maximum absolute atomic E-state index is 5.47. The first kappa shape index (κ1) is 15.8. The Labute approximate surface area is 135 Å². The van der Waals surface area contributed by atoms with Gasteiger partial charge in [-0.15, -0.1) is 0 Å². The molecule has 0 aromatic heterocycles. The molecule has 18 heavy (non-hydrogen) atoms. The molecule has 1 aliphatic carbocycles. The molecule has 0 saturated heterocycles. The largest absolute Gasteiger partial charge is 1.00 e. The van der Waals surface area contributed by atoms with Crippen LogP contribution in [-0.2, 0) is 24.7 Å². The first-order valence-corrected chi connectivity index (χ1v) is 6.72. The van der Waals surface area contributed by atoms with Gasteiger partial charge in [0.15, 0.2) is 0 Å². The van der Waals surface area contributed by atoms with Crippen LogP contribution in [0.25, 0.3) is 11.1 Å². The van der Waals surface area contributed by atoms with Gasteiger partial charge < -0.3 is 24.8 Å². The van der Waals surface area contributed by atoms with Crippen molar-refractivity contribution in [3.8, 4) is 16.9 Å². The van der Waals surface area contributed by atoms with Gasteiger partial charge in [0.05, 0.1) is 0 Å². The third kappa shape index (κ3) is 2.27. The van der Waals surface area contributed by atoms with Gasteiger partial charge in [0.25, 0.3) is 0 Å². The molecule has 2 aromatic carbocycles. The third-order valence-corrected chi connectivity index (χ3v) is 4.66. The van der Waals surface area contributed by atoms with Gasteiger partial charge in [-0.05, 0) is 0 Å². The van der Waals surface area contributed by atoms with E-state index >= 15 is 0 Å². The van der Waals surface area contributed by atoms with E-state index in [9.17, 15) is 0 Å². The second-order valence-corrected chi connectivity index (χ2v) is 5.36. The Morgan fingerprint density at radius 1 is 0.944 bits per heavy atom. The summed E-state index contributed by atoms with van der Waals surface area (Å²) in [6.45, 7) is 0. The molecule has 1 nitrogen and oxygen atoms in total. The summed E-state index contributed by atoms with van der Waals surface area (Å²) in [5.74, 6) is 0.995. The topological polar surface area (TPSA) is 9.23 Å². The Balaban J connectivity index is 0.000000810. The van der Waals surface area contributed by atoms with E-state index in [2.05, 4.69) is 36.4 Å². The molecule has 0 bridgehead atoms. The van der Waals surface area contributed by atoms with Crippen molar-refractivity contribution in [3.05, 3.63) is 53.6 Å². The van der Waals surface area contributed by atoms with Crippen molar-refractivity contribution in [1.82, 2.24) is 0 Å². The van der Waals surface area contributed by atoms with E-state index in [-0.39, 0.29) is 24.8 Å². The number of ether oxygens (including phenoxy) is 1. The van der Waals surface area contributed by atoms with Gasteiger partial charge in [0.1, 0.15) is 0 Å². The van der Waals surface area contributed by atoms with E-state index in [1.54, 1.807) is 7.11 Å². The van der Waals surface area contributed by atoms with Crippen molar-refractivity contribution in [3.63, 3.8) is 0 Å². The number of benzene rings is 2. The van der Waals surface area contributed by atoms with Gasteiger partial charge in [0, 0.05) is 0 Å². The minimum Gasteiger partial charge on any atom is -1.00 e. The van der Waals surface area contributed by atoms with Crippen molar-refractivity contribution in [2.45, 2.75) is 3.63 Å². The van der Waals surface area contributed by atoms with Gasteiger partial charge in [-0.25, -0.2) is 0 Å². The van der Waals surface area contributed by atoms with Crippen molar-refractivity contribution < 1.29 is 54.3 Å². The molecule has 0 aliphatic heterocycles. The Morgan fingerprint density at radius 2 is 1.61 bits per heavy atom. The summed E-state index contributed by atoms with van der Waals surface area (Å²) in [6.07, 6.45) is 0. The molecule has 2 aromatic rings. The molecule has 91 valence electrons. The predicted molar refractivity (Wildman–Crippen MR) is 60.3 cm³/mol. The van der Waals surface area contributed by atoms with Crippen molar-refractivity contribution >= 4 is 0 Å². The minimum absolute atomic E-state index is 0. The van der Waals surface area contributed by atoms with Crippen molar-refractivity contribution in [1.29, 1.82) is 0 Å². The van der Waals surface area contributed by atoms with Crippen LogP contribution in [0.5, 0.6) is 5.75 Å². The summed E-state index contributed by atoms with van der Waals surface area (Å²) in [5.41, 5.74) is 5.50. The van der Waals surface area contributed by atoms with Crippen LogP contribution in [0.2, 0.25) is 0 Å². The van der Waals surface area contributed by atoms with Crippen LogP contribution in [0.1, 0.15) is 14.8 Å². The van der Waals surface area contributed by atoms with E-state index in [1.807, 2.05) is 6.07 Å². The smallest absolute Gasteiger partial charge is 1.00 e. The van der Waals surface area contributed by atoms with Crippen LogP contribution >= 0.6 is 0 Å².